The van der Waals surface area contributed by atoms with Crippen LogP contribution < -0.4 is 10.1 Å². The molecule has 0 fully saturated rings. The standard InChI is InChI=1S/C24H23NO2/c1-2-27-22-15-13-20(14-16-22)18-25-24(26)23(21-11-7-4-8-12-21)17-19-9-5-3-6-10-19/h3-17H,2,18H2,1H3,(H,25,26)/b23-17+. The SMILES string of the molecule is CCOc1ccc(CNC(=O)/C(=C/c2ccccc2)c2ccccc2)cc1. The van der Waals surface area contributed by atoms with E-state index in [0.717, 1.165) is 22.4 Å². The van der Waals surface area contributed by atoms with E-state index in [-0.39, 0.29) is 5.91 Å². The van der Waals surface area contributed by atoms with Crippen molar-refractivity contribution in [1.29, 1.82) is 0 Å². The summed E-state index contributed by atoms with van der Waals surface area (Å²) in [6.45, 7) is 3.06. The van der Waals surface area contributed by atoms with Crippen molar-refractivity contribution in [1.82, 2.24) is 5.32 Å². The minimum atomic E-state index is -0.0982. The fourth-order valence-corrected chi connectivity index (χ4v) is 2.76. The molecular formula is C24H23NO2. The summed E-state index contributed by atoms with van der Waals surface area (Å²) in [7, 11) is 0. The summed E-state index contributed by atoms with van der Waals surface area (Å²) >= 11 is 0. The molecule has 1 N–H and O–H groups in total. The van der Waals surface area contributed by atoms with Gasteiger partial charge >= 0.3 is 0 Å². The van der Waals surface area contributed by atoms with Crippen LogP contribution in [-0.2, 0) is 11.3 Å². The quantitative estimate of drug-likeness (QED) is 0.480. The second-order valence-electron chi connectivity index (χ2n) is 6.09. The number of carbonyl (C=O) groups is 1. The first kappa shape index (κ1) is 18.5. The maximum absolute atomic E-state index is 12.9. The molecule has 0 saturated heterocycles. The van der Waals surface area contributed by atoms with Crippen molar-refractivity contribution in [2.45, 2.75) is 13.5 Å². The molecule has 0 aliphatic carbocycles. The van der Waals surface area contributed by atoms with E-state index in [1.165, 1.54) is 0 Å². The van der Waals surface area contributed by atoms with Crippen molar-refractivity contribution in [3.63, 3.8) is 0 Å². The van der Waals surface area contributed by atoms with Crippen LogP contribution in [0, 0.1) is 0 Å². The van der Waals surface area contributed by atoms with Gasteiger partial charge in [-0.1, -0.05) is 72.8 Å². The second-order valence-corrected chi connectivity index (χ2v) is 6.09. The zero-order chi connectivity index (χ0) is 18.9. The van der Waals surface area contributed by atoms with E-state index in [4.69, 9.17) is 4.74 Å². The third-order valence-electron chi connectivity index (χ3n) is 4.13. The van der Waals surface area contributed by atoms with Gasteiger partial charge in [0.2, 0.25) is 0 Å². The number of rotatable bonds is 7. The first-order chi connectivity index (χ1) is 13.3. The van der Waals surface area contributed by atoms with Gasteiger partial charge in [0, 0.05) is 12.1 Å². The van der Waals surface area contributed by atoms with Crippen LogP contribution in [0.3, 0.4) is 0 Å². The number of ether oxygens (including phenoxy) is 1. The van der Waals surface area contributed by atoms with Crippen LogP contribution in [0.15, 0.2) is 84.9 Å². The Balaban J connectivity index is 1.76. The van der Waals surface area contributed by atoms with E-state index in [9.17, 15) is 4.79 Å². The fraction of sp³-hybridized carbons (Fsp3) is 0.125. The lowest BCUT2D eigenvalue weighted by molar-refractivity contribution is -0.115. The van der Waals surface area contributed by atoms with Crippen molar-refractivity contribution in [3.05, 3.63) is 102 Å². The molecule has 3 rings (SSSR count). The summed E-state index contributed by atoms with van der Waals surface area (Å²) in [5.74, 6) is 0.737. The van der Waals surface area contributed by atoms with Gasteiger partial charge in [-0.3, -0.25) is 4.79 Å². The number of nitrogens with one attached hydrogen (secondary N) is 1. The van der Waals surface area contributed by atoms with Gasteiger partial charge in [-0.25, -0.2) is 0 Å². The Bertz CT molecular complexity index is 885. The highest BCUT2D eigenvalue weighted by Gasteiger charge is 2.12. The molecule has 0 bridgehead atoms. The average Bonchev–Trinajstić information content (AvgIpc) is 2.73. The van der Waals surface area contributed by atoms with Gasteiger partial charge in [-0.15, -0.1) is 0 Å². The lowest BCUT2D eigenvalue weighted by Gasteiger charge is -2.11. The number of benzene rings is 3. The van der Waals surface area contributed by atoms with E-state index < -0.39 is 0 Å². The summed E-state index contributed by atoms with van der Waals surface area (Å²) in [6, 6.07) is 27.4. The predicted molar refractivity (Wildman–Crippen MR) is 110 cm³/mol. The minimum Gasteiger partial charge on any atom is -0.494 e. The molecule has 3 aromatic rings. The smallest absolute Gasteiger partial charge is 0.252 e. The first-order valence-electron chi connectivity index (χ1n) is 9.08. The van der Waals surface area contributed by atoms with Crippen molar-refractivity contribution in [3.8, 4) is 5.75 Å². The van der Waals surface area contributed by atoms with Crippen LogP contribution in [-0.4, -0.2) is 12.5 Å². The van der Waals surface area contributed by atoms with Crippen LogP contribution in [0.5, 0.6) is 5.75 Å². The second kappa shape index (κ2) is 9.39. The molecule has 0 aliphatic heterocycles. The van der Waals surface area contributed by atoms with Crippen molar-refractivity contribution in [2.75, 3.05) is 6.61 Å². The Morgan fingerprint density at radius 2 is 1.52 bits per heavy atom. The van der Waals surface area contributed by atoms with Gasteiger partial charge in [-0.05, 0) is 41.8 Å². The summed E-state index contributed by atoms with van der Waals surface area (Å²) < 4.78 is 5.45. The Morgan fingerprint density at radius 1 is 0.889 bits per heavy atom. The highest BCUT2D eigenvalue weighted by molar-refractivity contribution is 6.24. The normalized spacial score (nSPS) is 11.1. The maximum Gasteiger partial charge on any atom is 0.252 e. The molecule has 3 heteroatoms. The lowest BCUT2D eigenvalue weighted by atomic mass is 10.0. The average molecular weight is 357 g/mol. The van der Waals surface area contributed by atoms with Gasteiger partial charge in [0.15, 0.2) is 0 Å². The van der Waals surface area contributed by atoms with Crippen LogP contribution in [0.1, 0.15) is 23.6 Å². The van der Waals surface area contributed by atoms with Crippen LogP contribution in [0.4, 0.5) is 0 Å². The van der Waals surface area contributed by atoms with E-state index in [2.05, 4.69) is 5.32 Å². The molecule has 3 aromatic carbocycles. The monoisotopic (exact) mass is 357 g/mol. The van der Waals surface area contributed by atoms with E-state index >= 15 is 0 Å². The maximum atomic E-state index is 12.9. The molecule has 1 amide bonds. The third kappa shape index (κ3) is 5.32. The Kier molecular flexibility index (Phi) is 6.42. The summed E-state index contributed by atoms with van der Waals surface area (Å²) in [4.78, 5) is 12.9. The van der Waals surface area contributed by atoms with E-state index in [0.29, 0.717) is 18.7 Å². The van der Waals surface area contributed by atoms with Crippen LogP contribution >= 0.6 is 0 Å². The molecule has 27 heavy (non-hydrogen) atoms. The molecule has 0 aliphatic rings. The molecule has 0 atom stereocenters. The molecule has 0 spiro atoms. The number of carbonyl (C=O) groups excluding carboxylic acids is 1. The zero-order valence-electron chi connectivity index (χ0n) is 15.4. The van der Waals surface area contributed by atoms with Gasteiger partial charge in [0.1, 0.15) is 5.75 Å². The Hall–Kier alpha value is -3.33. The lowest BCUT2D eigenvalue weighted by Crippen LogP contribution is -2.23. The molecule has 136 valence electrons. The summed E-state index contributed by atoms with van der Waals surface area (Å²) in [6.07, 6.45) is 1.92. The number of hydrogen-bond acceptors (Lipinski definition) is 2. The fourth-order valence-electron chi connectivity index (χ4n) is 2.76. The van der Waals surface area contributed by atoms with Crippen molar-refractivity contribution >= 4 is 17.6 Å². The summed E-state index contributed by atoms with van der Waals surface area (Å²) in [5.41, 5.74) is 3.56. The van der Waals surface area contributed by atoms with Gasteiger partial charge in [-0.2, -0.15) is 0 Å². The Labute approximate surface area is 160 Å². The van der Waals surface area contributed by atoms with Crippen molar-refractivity contribution in [2.24, 2.45) is 0 Å². The molecule has 0 unspecified atom stereocenters. The molecular weight excluding hydrogens is 334 g/mol. The molecule has 3 nitrogen and oxygen atoms in total. The van der Waals surface area contributed by atoms with E-state index in [1.54, 1.807) is 0 Å². The first-order valence-corrected chi connectivity index (χ1v) is 9.08. The number of amides is 1. The topological polar surface area (TPSA) is 38.3 Å². The molecule has 0 aromatic heterocycles. The predicted octanol–water partition coefficient (Wildman–Crippen LogP) is 4.94. The molecule has 0 saturated carbocycles. The Morgan fingerprint density at radius 3 is 2.15 bits per heavy atom. The molecule has 0 heterocycles. The van der Waals surface area contributed by atoms with E-state index in [1.807, 2.05) is 97.9 Å². The van der Waals surface area contributed by atoms with Crippen LogP contribution in [0.25, 0.3) is 11.6 Å². The van der Waals surface area contributed by atoms with Crippen LogP contribution in [0.2, 0.25) is 0 Å². The largest absolute Gasteiger partial charge is 0.494 e. The number of hydrogen-bond donors (Lipinski definition) is 1. The van der Waals surface area contributed by atoms with Crippen molar-refractivity contribution < 1.29 is 9.53 Å². The zero-order valence-corrected chi connectivity index (χ0v) is 15.4. The summed E-state index contributed by atoms with van der Waals surface area (Å²) in [5, 5.41) is 3.02. The highest BCUT2D eigenvalue weighted by Crippen LogP contribution is 2.19. The molecule has 0 radical (unpaired) electrons. The minimum absolute atomic E-state index is 0.0982. The third-order valence-corrected chi connectivity index (χ3v) is 4.13. The van der Waals surface area contributed by atoms with Gasteiger partial charge in [0.25, 0.3) is 5.91 Å². The van der Waals surface area contributed by atoms with Gasteiger partial charge in [0.05, 0.1) is 6.61 Å². The van der Waals surface area contributed by atoms with Gasteiger partial charge < -0.3 is 10.1 Å². The highest BCUT2D eigenvalue weighted by atomic mass is 16.5.